The van der Waals surface area contributed by atoms with Crippen LogP contribution in [0.4, 0.5) is 5.69 Å². The van der Waals surface area contributed by atoms with Crippen LogP contribution in [0.2, 0.25) is 0 Å². The van der Waals surface area contributed by atoms with Crippen LogP contribution in [-0.4, -0.2) is 53.3 Å². The number of amides is 1. The summed E-state index contributed by atoms with van der Waals surface area (Å²) >= 11 is 0. The van der Waals surface area contributed by atoms with Crippen LogP contribution in [0.25, 0.3) is 0 Å². The molecule has 2 aromatic rings. The lowest BCUT2D eigenvalue weighted by Gasteiger charge is -2.15. The smallest absolute Gasteiger partial charge is 0.251 e. The number of carbonyl (C=O) groups is 1. The van der Waals surface area contributed by atoms with Crippen LogP contribution in [0.1, 0.15) is 28.4 Å². The zero-order chi connectivity index (χ0) is 25.0. The first kappa shape index (κ1) is 26.5. The molecule has 0 saturated heterocycles. The topological polar surface area (TPSA) is 93.7 Å². The van der Waals surface area contributed by atoms with E-state index < -0.39 is 9.84 Å². The van der Waals surface area contributed by atoms with E-state index in [2.05, 4.69) is 34.3 Å². The van der Waals surface area contributed by atoms with E-state index in [1.54, 1.807) is 37.4 Å². The van der Waals surface area contributed by atoms with Crippen LogP contribution in [0.5, 0.6) is 0 Å². The van der Waals surface area contributed by atoms with Gasteiger partial charge in [-0.15, -0.1) is 0 Å². The van der Waals surface area contributed by atoms with Gasteiger partial charge in [-0.3, -0.25) is 4.79 Å². The molecular weight excluding hydrogens is 452 g/mol. The highest BCUT2D eigenvalue weighted by Gasteiger charge is 2.08. The largest absolute Gasteiger partial charge is 0.500 e. The molecule has 0 aliphatic carbocycles. The lowest BCUT2D eigenvalue weighted by atomic mass is 10.1. The number of nitrogens with one attached hydrogen (secondary N) is 2. The molecule has 2 rings (SSSR count). The molecule has 0 aliphatic rings. The normalized spacial score (nSPS) is 11.8. The minimum Gasteiger partial charge on any atom is -0.500 e. The van der Waals surface area contributed by atoms with Gasteiger partial charge >= 0.3 is 0 Å². The van der Waals surface area contributed by atoms with Gasteiger partial charge in [0.1, 0.15) is 17.7 Å². The molecule has 8 heteroatoms. The number of carbonyl (C=O) groups excluding carboxylic acids is 1. The van der Waals surface area contributed by atoms with Crippen LogP contribution >= 0.6 is 0 Å². The van der Waals surface area contributed by atoms with Gasteiger partial charge in [-0.25, -0.2) is 8.42 Å². The predicted octanol–water partition coefficient (Wildman–Crippen LogP) is 2.80. The van der Waals surface area contributed by atoms with E-state index >= 15 is 0 Å². The summed E-state index contributed by atoms with van der Waals surface area (Å²) in [5.41, 5.74) is 3.03. The van der Waals surface area contributed by atoms with Gasteiger partial charge in [0.05, 0.1) is 13.7 Å². The van der Waals surface area contributed by atoms with E-state index in [0.29, 0.717) is 11.3 Å². The van der Waals surface area contributed by atoms with E-state index in [0.717, 1.165) is 23.1 Å². The van der Waals surface area contributed by atoms with Crippen molar-refractivity contribution in [3.8, 4) is 23.7 Å². The summed E-state index contributed by atoms with van der Waals surface area (Å²) in [5, 5.41) is 5.77. The lowest BCUT2D eigenvalue weighted by molar-refractivity contribution is 0.0963. The van der Waals surface area contributed by atoms with Crippen LogP contribution in [-0.2, 0) is 19.3 Å². The van der Waals surface area contributed by atoms with E-state index in [-0.39, 0.29) is 24.5 Å². The summed E-state index contributed by atoms with van der Waals surface area (Å²) in [5.74, 6) is 11.6. The average molecular weight is 481 g/mol. The lowest BCUT2D eigenvalue weighted by Crippen LogP contribution is -2.19. The van der Waals surface area contributed by atoms with Crippen molar-refractivity contribution >= 4 is 21.4 Å². The molecule has 0 bridgehead atoms. The van der Waals surface area contributed by atoms with Gasteiger partial charge in [0.15, 0.2) is 9.84 Å². The van der Waals surface area contributed by atoms with E-state index in [1.807, 2.05) is 31.2 Å². The zero-order valence-electron chi connectivity index (χ0n) is 19.6. The first-order chi connectivity index (χ1) is 16.2. The number of hydrogen-bond acceptors (Lipinski definition) is 6. The number of methoxy groups -OCH3 is 1. The van der Waals surface area contributed by atoms with Gasteiger partial charge in [0.2, 0.25) is 0 Å². The molecule has 0 saturated carbocycles. The highest BCUT2D eigenvalue weighted by Crippen LogP contribution is 2.11. The van der Waals surface area contributed by atoms with Gasteiger partial charge in [0, 0.05) is 35.7 Å². The van der Waals surface area contributed by atoms with E-state index in [1.165, 1.54) is 7.11 Å². The van der Waals surface area contributed by atoms with Crippen molar-refractivity contribution in [2.24, 2.45) is 0 Å². The number of hydrogen-bond donors (Lipinski definition) is 2. The summed E-state index contributed by atoms with van der Waals surface area (Å²) in [6.45, 7) is 2.06. The molecule has 7 nitrogen and oxygen atoms in total. The van der Waals surface area contributed by atoms with Crippen molar-refractivity contribution in [2.75, 3.05) is 38.1 Å². The van der Waals surface area contributed by atoms with Gasteiger partial charge in [0.25, 0.3) is 5.91 Å². The molecule has 0 aliphatic heterocycles. The number of benzene rings is 2. The Morgan fingerprint density at radius 3 is 2.09 bits per heavy atom. The Labute approximate surface area is 201 Å². The third-order valence-corrected chi connectivity index (χ3v) is 5.24. The Kier molecular flexibility index (Phi) is 10.2. The quantitative estimate of drug-likeness (QED) is 0.326. The molecule has 34 heavy (non-hydrogen) atoms. The highest BCUT2D eigenvalue weighted by molar-refractivity contribution is 7.90. The van der Waals surface area contributed by atoms with Crippen LogP contribution in [0.3, 0.4) is 0 Å². The predicted molar refractivity (Wildman–Crippen MR) is 134 cm³/mol. The Hall–Kier alpha value is -3.72. The van der Waals surface area contributed by atoms with Gasteiger partial charge < -0.3 is 20.1 Å². The molecule has 0 heterocycles. The SMILES string of the molecule is CNC(=O)c1ccc(C#CC#Cc2ccc(NC(C)OC/C=C(/CS(C)(=O)=O)OC)cc2)cc1. The monoisotopic (exact) mass is 480 g/mol. The minimum atomic E-state index is -3.16. The van der Waals surface area contributed by atoms with Crippen molar-refractivity contribution < 1.29 is 22.7 Å². The maximum atomic E-state index is 11.5. The van der Waals surface area contributed by atoms with Crippen molar-refractivity contribution in [2.45, 2.75) is 13.2 Å². The van der Waals surface area contributed by atoms with Crippen molar-refractivity contribution in [1.29, 1.82) is 0 Å². The number of sulfone groups is 1. The third-order valence-electron chi connectivity index (χ3n) is 4.43. The summed E-state index contributed by atoms with van der Waals surface area (Å²) in [7, 11) is -0.145. The molecule has 1 atom stereocenters. The standard InChI is InChI=1S/C26H28N2O5S/c1-20(33-18-17-25(32-3)19-34(4,30)31)28-24-15-11-22(12-16-24)8-6-5-7-21-9-13-23(14-10-21)26(29)27-2/h9-17,20,28H,18-19H2,1-4H3,(H,27,29)/b25-17-. The van der Waals surface area contributed by atoms with Crippen LogP contribution in [0.15, 0.2) is 60.4 Å². The summed E-state index contributed by atoms with van der Waals surface area (Å²) in [6, 6.07) is 14.5. The average Bonchev–Trinajstić information content (AvgIpc) is 2.81. The van der Waals surface area contributed by atoms with Gasteiger partial charge in [-0.2, -0.15) is 0 Å². The summed E-state index contributed by atoms with van der Waals surface area (Å²) in [6.07, 6.45) is 2.46. The maximum absolute atomic E-state index is 11.5. The van der Waals surface area contributed by atoms with Crippen LogP contribution in [0, 0.1) is 23.7 Å². The fourth-order valence-electron chi connectivity index (χ4n) is 2.73. The molecule has 0 spiro atoms. The van der Waals surface area contributed by atoms with E-state index in [4.69, 9.17) is 9.47 Å². The Morgan fingerprint density at radius 2 is 1.59 bits per heavy atom. The summed E-state index contributed by atoms with van der Waals surface area (Å²) in [4.78, 5) is 11.5. The summed E-state index contributed by atoms with van der Waals surface area (Å²) < 4.78 is 33.4. The molecular formula is C26H28N2O5S. The second-order valence-electron chi connectivity index (χ2n) is 7.30. The molecule has 2 N–H and O–H groups in total. The first-order valence-corrected chi connectivity index (χ1v) is 12.5. The number of rotatable bonds is 9. The first-order valence-electron chi connectivity index (χ1n) is 10.4. The second-order valence-corrected chi connectivity index (χ2v) is 9.44. The van der Waals surface area contributed by atoms with E-state index in [9.17, 15) is 13.2 Å². The molecule has 0 radical (unpaired) electrons. The van der Waals surface area contributed by atoms with Crippen molar-refractivity contribution in [3.05, 3.63) is 77.1 Å². The molecule has 0 fully saturated rings. The number of ether oxygens (including phenoxy) is 2. The Balaban J connectivity index is 1.86. The zero-order valence-corrected chi connectivity index (χ0v) is 20.5. The third kappa shape index (κ3) is 9.83. The maximum Gasteiger partial charge on any atom is 0.251 e. The molecule has 1 amide bonds. The molecule has 178 valence electrons. The fraction of sp³-hybridized carbons (Fsp3) is 0.269. The van der Waals surface area contributed by atoms with Gasteiger partial charge in [-0.1, -0.05) is 11.8 Å². The molecule has 1 unspecified atom stereocenters. The second kappa shape index (κ2) is 13.1. The van der Waals surface area contributed by atoms with Crippen molar-refractivity contribution in [3.63, 3.8) is 0 Å². The highest BCUT2D eigenvalue weighted by atomic mass is 32.2. The van der Waals surface area contributed by atoms with Crippen LogP contribution < -0.4 is 10.6 Å². The van der Waals surface area contributed by atoms with Gasteiger partial charge in [-0.05, 0) is 73.4 Å². The molecule has 0 aromatic heterocycles. The Morgan fingerprint density at radius 1 is 1.03 bits per heavy atom. The minimum absolute atomic E-state index is 0.139. The fourth-order valence-corrected chi connectivity index (χ4v) is 3.48. The molecule has 2 aromatic carbocycles. The van der Waals surface area contributed by atoms with Crippen molar-refractivity contribution in [1.82, 2.24) is 5.32 Å². The Bertz CT molecular complexity index is 1230. The number of anilines is 1.